The number of carbonyl (C=O) groups excluding carboxylic acids is 1. The van der Waals surface area contributed by atoms with Gasteiger partial charge in [0.25, 0.3) is 0 Å². The van der Waals surface area contributed by atoms with Gasteiger partial charge in [0.05, 0.1) is 6.26 Å². The summed E-state index contributed by atoms with van der Waals surface area (Å²) in [6, 6.07) is 14.2. The van der Waals surface area contributed by atoms with Gasteiger partial charge in [-0.1, -0.05) is 31.2 Å². The van der Waals surface area contributed by atoms with Crippen molar-refractivity contribution < 1.29 is 17.4 Å². The molecule has 6 nitrogen and oxygen atoms in total. The second-order valence-corrected chi connectivity index (χ2v) is 8.19. The van der Waals surface area contributed by atoms with Gasteiger partial charge < -0.3 is 14.4 Å². The van der Waals surface area contributed by atoms with E-state index in [9.17, 15) is 13.2 Å². The summed E-state index contributed by atoms with van der Waals surface area (Å²) in [6.07, 6.45) is 1.82. The molecule has 0 saturated carbocycles. The van der Waals surface area contributed by atoms with E-state index in [1.807, 2.05) is 45.0 Å². The van der Waals surface area contributed by atoms with Crippen LogP contribution < -0.4 is 9.50 Å². The Bertz CT molecular complexity index is 879. The molecule has 0 fully saturated rings. The molecule has 2 aromatic rings. The number of nitrogens with one attached hydrogen (secondary N) is 1. The lowest BCUT2D eigenvalue weighted by atomic mass is 10.1. The molecular formula is C20H26N2O4S. The molecule has 7 heteroatoms. The maximum Gasteiger partial charge on any atom is 0.322 e. The minimum atomic E-state index is -3.56. The average molecular weight is 391 g/mol. The molecule has 0 aliphatic rings. The van der Waals surface area contributed by atoms with E-state index in [4.69, 9.17) is 4.18 Å². The van der Waals surface area contributed by atoms with Crippen LogP contribution in [-0.4, -0.2) is 31.6 Å². The zero-order valence-electron chi connectivity index (χ0n) is 16.1. The summed E-state index contributed by atoms with van der Waals surface area (Å²) >= 11 is 0. The Labute approximate surface area is 161 Å². The van der Waals surface area contributed by atoms with Crippen LogP contribution in [0.2, 0.25) is 0 Å². The Kier molecular flexibility index (Phi) is 6.85. The average Bonchev–Trinajstić information content (AvgIpc) is 2.59. The van der Waals surface area contributed by atoms with Crippen molar-refractivity contribution in [1.82, 2.24) is 4.90 Å². The summed E-state index contributed by atoms with van der Waals surface area (Å²) in [4.78, 5) is 14.6. The third kappa shape index (κ3) is 6.60. The molecule has 0 aromatic heterocycles. The van der Waals surface area contributed by atoms with Crippen molar-refractivity contribution in [3.8, 4) is 5.75 Å². The highest BCUT2D eigenvalue weighted by Gasteiger charge is 2.19. The Morgan fingerprint density at radius 3 is 2.41 bits per heavy atom. The Hall–Kier alpha value is -2.54. The number of nitrogens with zero attached hydrogens (tertiary/aromatic N) is 1. The number of aryl methyl sites for hydroxylation is 1. The molecular weight excluding hydrogens is 364 g/mol. The van der Waals surface area contributed by atoms with E-state index in [2.05, 4.69) is 5.32 Å². The first-order valence-corrected chi connectivity index (χ1v) is 10.6. The molecule has 0 aliphatic heterocycles. The van der Waals surface area contributed by atoms with E-state index < -0.39 is 10.1 Å². The highest BCUT2D eigenvalue weighted by molar-refractivity contribution is 7.86. The minimum Gasteiger partial charge on any atom is -0.383 e. The zero-order valence-corrected chi connectivity index (χ0v) is 16.9. The van der Waals surface area contributed by atoms with Gasteiger partial charge in [-0.15, -0.1) is 0 Å². The van der Waals surface area contributed by atoms with Gasteiger partial charge in [-0.2, -0.15) is 8.42 Å². The molecule has 0 saturated heterocycles. The van der Waals surface area contributed by atoms with E-state index in [1.165, 1.54) is 0 Å². The molecule has 1 atom stereocenters. The van der Waals surface area contributed by atoms with Crippen LogP contribution in [0.4, 0.5) is 10.5 Å². The monoisotopic (exact) mass is 390 g/mol. The molecule has 2 aromatic carbocycles. The van der Waals surface area contributed by atoms with Gasteiger partial charge in [0.1, 0.15) is 5.75 Å². The Morgan fingerprint density at radius 1 is 1.19 bits per heavy atom. The molecule has 0 radical (unpaired) electrons. The first-order chi connectivity index (χ1) is 12.7. The highest BCUT2D eigenvalue weighted by Crippen LogP contribution is 2.18. The van der Waals surface area contributed by atoms with E-state index in [-0.39, 0.29) is 17.8 Å². The fraction of sp³-hybridized carbons (Fsp3) is 0.350. The van der Waals surface area contributed by atoms with E-state index in [1.54, 1.807) is 29.2 Å². The molecule has 0 spiro atoms. The largest absolute Gasteiger partial charge is 0.383 e. The molecule has 0 bridgehead atoms. The van der Waals surface area contributed by atoms with Crippen molar-refractivity contribution in [2.75, 3.05) is 11.6 Å². The predicted octanol–water partition coefficient (Wildman–Crippen LogP) is 4.17. The topological polar surface area (TPSA) is 75.7 Å². The second kappa shape index (κ2) is 8.90. The quantitative estimate of drug-likeness (QED) is 0.720. The smallest absolute Gasteiger partial charge is 0.322 e. The van der Waals surface area contributed by atoms with Crippen LogP contribution in [0.15, 0.2) is 48.5 Å². The zero-order chi connectivity index (χ0) is 20.0. The van der Waals surface area contributed by atoms with Gasteiger partial charge in [0, 0.05) is 18.3 Å². The highest BCUT2D eigenvalue weighted by atomic mass is 32.2. The second-order valence-electron chi connectivity index (χ2n) is 6.62. The molecule has 0 unspecified atom stereocenters. The Balaban J connectivity index is 2.13. The van der Waals surface area contributed by atoms with Crippen molar-refractivity contribution in [1.29, 1.82) is 0 Å². The molecule has 1 N–H and O–H groups in total. The molecule has 146 valence electrons. The lowest BCUT2D eigenvalue weighted by Gasteiger charge is -2.29. The number of hydrogen-bond donors (Lipinski definition) is 1. The van der Waals surface area contributed by atoms with Gasteiger partial charge in [-0.25, -0.2) is 4.79 Å². The number of rotatable bonds is 7. The van der Waals surface area contributed by atoms with Crippen LogP contribution in [0.25, 0.3) is 0 Å². The van der Waals surface area contributed by atoms with Crippen LogP contribution in [0.5, 0.6) is 5.75 Å². The maximum absolute atomic E-state index is 12.8. The number of urea groups is 1. The first-order valence-electron chi connectivity index (χ1n) is 8.80. The van der Waals surface area contributed by atoms with Gasteiger partial charge in [0.15, 0.2) is 0 Å². The van der Waals surface area contributed by atoms with Crippen molar-refractivity contribution >= 4 is 21.8 Å². The van der Waals surface area contributed by atoms with Crippen LogP contribution >= 0.6 is 0 Å². The van der Waals surface area contributed by atoms with Crippen LogP contribution in [-0.2, 0) is 16.7 Å². The number of carbonyl (C=O) groups is 1. The number of anilines is 1. The molecule has 0 aliphatic carbocycles. The summed E-state index contributed by atoms with van der Waals surface area (Å²) in [5, 5.41) is 2.94. The SMILES string of the molecule is CC[C@H](C)N(Cc1ccc(OS(C)(=O)=O)cc1)C(=O)Nc1cccc(C)c1. The molecule has 2 rings (SSSR count). The third-order valence-corrected chi connectivity index (χ3v) is 4.67. The Morgan fingerprint density at radius 2 is 1.85 bits per heavy atom. The maximum atomic E-state index is 12.8. The fourth-order valence-electron chi connectivity index (χ4n) is 2.59. The third-order valence-electron chi connectivity index (χ3n) is 4.18. The summed E-state index contributed by atoms with van der Waals surface area (Å²) in [6.45, 7) is 6.41. The summed E-state index contributed by atoms with van der Waals surface area (Å²) < 4.78 is 27.2. The van der Waals surface area contributed by atoms with Crippen molar-refractivity contribution in [3.63, 3.8) is 0 Å². The lowest BCUT2D eigenvalue weighted by molar-refractivity contribution is 0.187. The lowest BCUT2D eigenvalue weighted by Crippen LogP contribution is -2.40. The standard InChI is InChI=1S/C20H26N2O4S/c1-5-16(3)22(20(23)21-18-8-6-7-15(2)13-18)14-17-9-11-19(12-10-17)26-27(4,24)25/h6-13,16H,5,14H2,1-4H3,(H,21,23)/t16-/m0/s1. The minimum absolute atomic E-state index is 0.0433. The molecule has 2 amide bonds. The molecule has 0 heterocycles. The van der Waals surface area contributed by atoms with E-state index in [0.717, 1.165) is 29.5 Å². The van der Waals surface area contributed by atoms with Crippen LogP contribution in [0.3, 0.4) is 0 Å². The first kappa shape index (κ1) is 20.8. The summed E-state index contributed by atoms with van der Waals surface area (Å²) in [5.41, 5.74) is 2.71. The van der Waals surface area contributed by atoms with Crippen LogP contribution in [0, 0.1) is 6.92 Å². The van der Waals surface area contributed by atoms with Gasteiger partial charge in [-0.3, -0.25) is 0 Å². The van der Waals surface area contributed by atoms with Crippen molar-refractivity contribution in [2.45, 2.75) is 39.8 Å². The van der Waals surface area contributed by atoms with Gasteiger partial charge >= 0.3 is 16.1 Å². The number of amides is 2. The summed E-state index contributed by atoms with van der Waals surface area (Å²) in [5.74, 6) is 0.251. The number of hydrogen-bond acceptors (Lipinski definition) is 4. The van der Waals surface area contributed by atoms with Gasteiger partial charge in [0.2, 0.25) is 0 Å². The van der Waals surface area contributed by atoms with E-state index in [0.29, 0.717) is 6.54 Å². The predicted molar refractivity (Wildman–Crippen MR) is 107 cm³/mol. The fourth-order valence-corrected chi connectivity index (χ4v) is 3.05. The number of benzene rings is 2. The van der Waals surface area contributed by atoms with Gasteiger partial charge in [-0.05, 0) is 55.7 Å². The van der Waals surface area contributed by atoms with E-state index >= 15 is 0 Å². The van der Waals surface area contributed by atoms with Crippen LogP contribution in [0.1, 0.15) is 31.4 Å². The molecule has 27 heavy (non-hydrogen) atoms. The van der Waals surface area contributed by atoms with Crippen molar-refractivity contribution in [3.05, 3.63) is 59.7 Å². The van der Waals surface area contributed by atoms with Crippen molar-refractivity contribution in [2.24, 2.45) is 0 Å². The normalized spacial score (nSPS) is 12.3. The summed E-state index contributed by atoms with van der Waals surface area (Å²) in [7, 11) is -3.56.